The number of hydrogen-bond acceptors (Lipinski definition) is 6. The molecule has 0 amide bonds. The molecule has 2 unspecified atom stereocenters. The Bertz CT molecular complexity index is 326. The molecular weight excluding hydrogens is 284 g/mol. The van der Waals surface area contributed by atoms with Crippen LogP contribution in [0.5, 0.6) is 0 Å². The summed E-state index contributed by atoms with van der Waals surface area (Å²) in [6.07, 6.45) is 1.40. The molecule has 8 heteroatoms. The first-order valence-electron chi connectivity index (χ1n) is 7.79. The summed E-state index contributed by atoms with van der Waals surface area (Å²) in [5.74, 6) is 0. The molecule has 22 heavy (non-hydrogen) atoms. The Kier molecular flexibility index (Phi) is 7.67. The first-order valence-corrected chi connectivity index (χ1v) is 7.79. The Morgan fingerprint density at radius 2 is 1.77 bits per heavy atom. The Labute approximate surface area is 135 Å². The van der Waals surface area contributed by atoms with Crippen LogP contribution < -0.4 is 5.32 Å². The molecule has 2 aliphatic rings. The minimum atomic E-state index is -0.261. The maximum atomic E-state index is 5.81. The van der Waals surface area contributed by atoms with Crippen LogP contribution in [-0.2, 0) is 23.7 Å². The van der Waals surface area contributed by atoms with Gasteiger partial charge in [-0.05, 0) is 12.8 Å². The van der Waals surface area contributed by atoms with Gasteiger partial charge < -0.3 is 29.0 Å². The van der Waals surface area contributed by atoms with Gasteiger partial charge in [0, 0.05) is 38.8 Å². The van der Waals surface area contributed by atoms with E-state index in [0.717, 1.165) is 13.0 Å². The molecule has 0 spiro atoms. The van der Waals surface area contributed by atoms with Crippen LogP contribution in [-0.4, -0.2) is 92.6 Å². The molecular formula is C14H25B2NO5. The van der Waals surface area contributed by atoms with E-state index in [-0.39, 0.29) is 36.4 Å². The molecule has 0 bridgehead atoms. The van der Waals surface area contributed by atoms with Crippen molar-refractivity contribution in [1.29, 1.82) is 0 Å². The molecule has 0 aromatic rings. The van der Waals surface area contributed by atoms with Gasteiger partial charge in [-0.15, -0.1) is 0 Å². The van der Waals surface area contributed by atoms with E-state index in [1.807, 2.05) is 0 Å². The molecule has 2 rings (SSSR count). The average Bonchev–Trinajstić information content (AvgIpc) is 3.01. The van der Waals surface area contributed by atoms with Gasteiger partial charge in [0.05, 0.1) is 32.0 Å². The largest absolute Gasteiger partial charge is 0.382 e. The predicted octanol–water partition coefficient (Wildman–Crippen LogP) is -0.810. The molecule has 0 aliphatic carbocycles. The van der Waals surface area contributed by atoms with E-state index in [4.69, 9.17) is 39.4 Å². The molecule has 122 valence electrons. The third-order valence-corrected chi connectivity index (χ3v) is 4.08. The Morgan fingerprint density at radius 1 is 1.05 bits per heavy atom. The Balaban J connectivity index is 1.59. The number of ether oxygens (including phenoxy) is 5. The van der Waals surface area contributed by atoms with Gasteiger partial charge in [0.1, 0.15) is 21.8 Å². The van der Waals surface area contributed by atoms with E-state index in [9.17, 15) is 0 Å². The third-order valence-electron chi connectivity index (χ3n) is 4.08. The topological polar surface area (TPSA) is 58.2 Å². The minimum absolute atomic E-state index is 0.00552. The monoisotopic (exact) mass is 309 g/mol. The van der Waals surface area contributed by atoms with Crippen molar-refractivity contribution >= 4 is 15.7 Å². The average molecular weight is 309 g/mol. The highest BCUT2D eigenvalue weighted by molar-refractivity contribution is 6.11. The lowest BCUT2D eigenvalue weighted by molar-refractivity contribution is -0.0424. The zero-order chi connectivity index (χ0) is 15.9. The fraction of sp³-hybridized carbons (Fsp3) is 1.00. The zero-order valence-electron chi connectivity index (χ0n) is 13.4. The van der Waals surface area contributed by atoms with Crippen LogP contribution in [0, 0.1) is 0 Å². The summed E-state index contributed by atoms with van der Waals surface area (Å²) in [6, 6.07) is -0.292. The Hall–Kier alpha value is -0.110. The molecule has 0 aromatic carbocycles. The highest BCUT2D eigenvalue weighted by Gasteiger charge is 2.33. The molecule has 2 fully saturated rings. The first-order chi connectivity index (χ1) is 10.6. The van der Waals surface area contributed by atoms with Gasteiger partial charge in [-0.1, -0.05) is 0 Å². The van der Waals surface area contributed by atoms with Gasteiger partial charge in [0.25, 0.3) is 0 Å². The molecule has 6 atom stereocenters. The standard InChI is InChI=1S/C14H25B2NO5/c1-18-7-11-9(5-13(15)21-11)17-3-4-20-8-12-10(19-2)6-14(16)22-12/h9-14,17H,3-8H2,1-2H3/t9?,10?,11-,12-,13-,14-/m1/s1. The summed E-state index contributed by atoms with van der Waals surface area (Å²) in [6.45, 7) is 2.32. The second-order valence-electron chi connectivity index (χ2n) is 5.76. The van der Waals surface area contributed by atoms with Crippen molar-refractivity contribution in [3.05, 3.63) is 0 Å². The second kappa shape index (κ2) is 9.25. The van der Waals surface area contributed by atoms with Crippen LogP contribution in [0.25, 0.3) is 0 Å². The minimum Gasteiger partial charge on any atom is -0.382 e. The van der Waals surface area contributed by atoms with Gasteiger partial charge in [-0.25, -0.2) is 0 Å². The Morgan fingerprint density at radius 3 is 2.50 bits per heavy atom. The van der Waals surface area contributed by atoms with Crippen LogP contribution in [0.3, 0.4) is 0 Å². The number of rotatable bonds is 9. The van der Waals surface area contributed by atoms with Crippen LogP contribution in [0.4, 0.5) is 0 Å². The van der Waals surface area contributed by atoms with Gasteiger partial charge in [-0.2, -0.15) is 0 Å². The summed E-state index contributed by atoms with van der Waals surface area (Å²) in [5.41, 5.74) is 0. The van der Waals surface area contributed by atoms with Crippen molar-refractivity contribution in [3.63, 3.8) is 0 Å². The maximum absolute atomic E-state index is 5.81. The fourth-order valence-corrected chi connectivity index (χ4v) is 2.97. The molecule has 0 saturated carbocycles. The van der Waals surface area contributed by atoms with Crippen molar-refractivity contribution in [2.24, 2.45) is 0 Å². The highest BCUT2D eigenvalue weighted by atomic mass is 16.6. The van der Waals surface area contributed by atoms with Crippen LogP contribution in [0.1, 0.15) is 12.8 Å². The van der Waals surface area contributed by atoms with Crippen molar-refractivity contribution in [2.75, 3.05) is 40.6 Å². The van der Waals surface area contributed by atoms with Crippen molar-refractivity contribution < 1.29 is 23.7 Å². The lowest BCUT2D eigenvalue weighted by Gasteiger charge is -2.20. The summed E-state index contributed by atoms with van der Waals surface area (Å²) in [5, 5.41) is 3.40. The van der Waals surface area contributed by atoms with Crippen molar-refractivity contribution in [3.8, 4) is 0 Å². The van der Waals surface area contributed by atoms with Crippen molar-refractivity contribution in [2.45, 2.75) is 49.2 Å². The predicted molar refractivity (Wildman–Crippen MR) is 83.3 cm³/mol. The number of hydrogen-bond donors (Lipinski definition) is 1. The van der Waals surface area contributed by atoms with Gasteiger partial charge >= 0.3 is 0 Å². The maximum Gasteiger partial charge on any atom is 0.109 e. The lowest BCUT2D eigenvalue weighted by Crippen LogP contribution is -2.40. The van der Waals surface area contributed by atoms with Crippen molar-refractivity contribution in [1.82, 2.24) is 5.32 Å². The molecule has 2 saturated heterocycles. The van der Waals surface area contributed by atoms with Crippen LogP contribution in [0.2, 0.25) is 0 Å². The summed E-state index contributed by atoms with van der Waals surface area (Å²) in [7, 11) is 14.9. The van der Waals surface area contributed by atoms with E-state index >= 15 is 0 Å². The molecule has 2 aliphatic heterocycles. The van der Waals surface area contributed by atoms with Crippen LogP contribution in [0.15, 0.2) is 0 Å². The van der Waals surface area contributed by atoms with Crippen LogP contribution >= 0.6 is 0 Å². The normalized spacial score (nSPS) is 38.6. The first kappa shape index (κ1) is 18.2. The molecule has 1 N–H and O–H groups in total. The third kappa shape index (κ3) is 5.22. The molecule has 4 radical (unpaired) electrons. The van der Waals surface area contributed by atoms with E-state index in [1.165, 1.54) is 0 Å². The van der Waals surface area contributed by atoms with Gasteiger partial charge in [0.15, 0.2) is 0 Å². The quantitative estimate of drug-likeness (QED) is 0.444. The molecule has 0 aromatic heterocycles. The number of methoxy groups -OCH3 is 2. The lowest BCUT2D eigenvalue weighted by atomic mass is 9.95. The summed E-state index contributed by atoms with van der Waals surface area (Å²) < 4.78 is 27.3. The van der Waals surface area contributed by atoms with E-state index in [2.05, 4.69) is 5.32 Å². The summed E-state index contributed by atoms with van der Waals surface area (Å²) in [4.78, 5) is 0. The second-order valence-corrected chi connectivity index (χ2v) is 5.76. The summed E-state index contributed by atoms with van der Waals surface area (Å²) >= 11 is 0. The van der Waals surface area contributed by atoms with E-state index in [0.29, 0.717) is 26.2 Å². The van der Waals surface area contributed by atoms with Gasteiger partial charge in [-0.3, -0.25) is 0 Å². The van der Waals surface area contributed by atoms with E-state index in [1.54, 1.807) is 14.2 Å². The highest BCUT2D eigenvalue weighted by Crippen LogP contribution is 2.21. The number of nitrogens with one attached hydrogen (secondary N) is 1. The smallest absolute Gasteiger partial charge is 0.109 e. The zero-order valence-corrected chi connectivity index (χ0v) is 13.4. The fourth-order valence-electron chi connectivity index (χ4n) is 2.97. The SMILES string of the molecule is [B][C@H]1CC(NCCOC[C@H]2O[C@@H]([B])CC2OC)[C@@H](COC)O1. The van der Waals surface area contributed by atoms with E-state index < -0.39 is 0 Å². The van der Waals surface area contributed by atoms with Gasteiger partial charge in [0.2, 0.25) is 0 Å². The molecule has 6 nitrogen and oxygen atoms in total. The molecule has 2 heterocycles.